The van der Waals surface area contributed by atoms with Gasteiger partial charge in [0.2, 0.25) is 0 Å². The molecule has 1 aliphatic rings. The van der Waals surface area contributed by atoms with Gasteiger partial charge in [-0.1, -0.05) is 49.4 Å². The zero-order chi connectivity index (χ0) is 16.2. The first kappa shape index (κ1) is 15.9. The maximum absolute atomic E-state index is 12.5. The number of nitrogens with zero attached hydrogens (tertiary/aromatic N) is 1. The molecule has 0 fully saturated rings. The summed E-state index contributed by atoms with van der Waals surface area (Å²) in [4.78, 5) is 14.7. The molecule has 1 aliphatic heterocycles. The highest BCUT2D eigenvalue weighted by Crippen LogP contribution is 2.21. The summed E-state index contributed by atoms with van der Waals surface area (Å²) in [6, 6.07) is 14.1. The predicted molar refractivity (Wildman–Crippen MR) is 91.5 cm³/mol. The standard InChI is InChI=1S/C20H23NO2/c1-2-15-3-7-18(8-4-15)20(23)13-21-10-9-17-6-5-16(14-22)11-19(17)12-21/h3-8,11,22H,2,9-10,12-14H2,1H3. The topological polar surface area (TPSA) is 40.5 Å². The van der Waals surface area contributed by atoms with Gasteiger partial charge < -0.3 is 5.11 Å². The van der Waals surface area contributed by atoms with Crippen LogP contribution in [-0.2, 0) is 26.0 Å². The highest BCUT2D eigenvalue weighted by molar-refractivity contribution is 5.97. The van der Waals surface area contributed by atoms with E-state index in [4.69, 9.17) is 0 Å². The molecule has 0 radical (unpaired) electrons. The minimum absolute atomic E-state index is 0.0655. The maximum atomic E-state index is 12.5. The second-order valence-corrected chi connectivity index (χ2v) is 6.20. The SMILES string of the molecule is CCc1ccc(C(=O)CN2CCc3ccc(CO)cc3C2)cc1. The van der Waals surface area contributed by atoms with Crippen molar-refractivity contribution in [2.24, 2.45) is 0 Å². The predicted octanol–water partition coefficient (Wildman–Crippen LogP) is 2.98. The molecule has 2 aromatic rings. The zero-order valence-electron chi connectivity index (χ0n) is 13.6. The summed E-state index contributed by atoms with van der Waals surface area (Å²) in [5.74, 6) is 0.175. The van der Waals surface area contributed by atoms with E-state index in [2.05, 4.69) is 24.0 Å². The van der Waals surface area contributed by atoms with Crippen LogP contribution in [0.3, 0.4) is 0 Å². The molecular formula is C20H23NO2. The number of hydrogen-bond donors (Lipinski definition) is 1. The summed E-state index contributed by atoms with van der Waals surface area (Å²) in [5.41, 5.74) is 5.55. The van der Waals surface area contributed by atoms with Crippen molar-refractivity contribution in [2.45, 2.75) is 32.9 Å². The number of carbonyl (C=O) groups excluding carboxylic acids is 1. The number of fused-ring (bicyclic) bond motifs is 1. The number of aliphatic hydroxyl groups is 1. The highest BCUT2D eigenvalue weighted by Gasteiger charge is 2.19. The quantitative estimate of drug-likeness (QED) is 0.863. The van der Waals surface area contributed by atoms with Crippen LogP contribution in [0.2, 0.25) is 0 Å². The lowest BCUT2D eigenvalue weighted by Gasteiger charge is -2.28. The number of benzene rings is 2. The first-order chi connectivity index (χ1) is 11.2. The Hall–Kier alpha value is -1.97. The zero-order valence-corrected chi connectivity index (χ0v) is 13.6. The second-order valence-electron chi connectivity index (χ2n) is 6.20. The molecule has 3 heteroatoms. The highest BCUT2D eigenvalue weighted by atomic mass is 16.3. The number of Topliss-reactive ketones (excluding diaryl/α,β-unsaturated/α-hetero) is 1. The molecule has 2 aromatic carbocycles. The van der Waals surface area contributed by atoms with E-state index in [-0.39, 0.29) is 12.4 Å². The Morgan fingerprint density at radius 3 is 2.52 bits per heavy atom. The van der Waals surface area contributed by atoms with Crippen LogP contribution < -0.4 is 0 Å². The fraction of sp³-hybridized carbons (Fsp3) is 0.350. The van der Waals surface area contributed by atoms with E-state index in [9.17, 15) is 9.90 Å². The second kappa shape index (κ2) is 7.07. The van der Waals surface area contributed by atoms with Crippen molar-refractivity contribution < 1.29 is 9.90 Å². The van der Waals surface area contributed by atoms with Crippen LogP contribution in [0.1, 0.15) is 39.5 Å². The van der Waals surface area contributed by atoms with Crippen LogP contribution in [0.15, 0.2) is 42.5 Å². The number of hydrogen-bond acceptors (Lipinski definition) is 3. The minimum Gasteiger partial charge on any atom is -0.392 e. The Morgan fingerprint density at radius 1 is 1.09 bits per heavy atom. The van der Waals surface area contributed by atoms with Gasteiger partial charge in [0.15, 0.2) is 5.78 Å². The van der Waals surface area contributed by atoms with E-state index in [0.717, 1.165) is 37.1 Å². The van der Waals surface area contributed by atoms with Gasteiger partial charge in [0, 0.05) is 18.7 Å². The van der Waals surface area contributed by atoms with Gasteiger partial charge in [0.05, 0.1) is 13.2 Å². The number of aliphatic hydroxyl groups excluding tert-OH is 1. The Kier molecular flexibility index (Phi) is 4.89. The molecular weight excluding hydrogens is 286 g/mol. The number of carbonyl (C=O) groups is 1. The largest absolute Gasteiger partial charge is 0.392 e. The molecule has 1 N–H and O–H groups in total. The average molecular weight is 309 g/mol. The Balaban J connectivity index is 1.67. The Morgan fingerprint density at radius 2 is 1.83 bits per heavy atom. The lowest BCUT2D eigenvalue weighted by atomic mass is 9.97. The van der Waals surface area contributed by atoms with Gasteiger partial charge in [-0.15, -0.1) is 0 Å². The van der Waals surface area contributed by atoms with Crippen molar-refractivity contribution in [2.75, 3.05) is 13.1 Å². The summed E-state index contributed by atoms with van der Waals surface area (Å²) in [7, 11) is 0. The van der Waals surface area contributed by atoms with Crippen LogP contribution in [0.25, 0.3) is 0 Å². The van der Waals surface area contributed by atoms with Gasteiger partial charge in [0.25, 0.3) is 0 Å². The van der Waals surface area contributed by atoms with Gasteiger partial charge in [0.1, 0.15) is 0 Å². The maximum Gasteiger partial charge on any atom is 0.176 e. The van der Waals surface area contributed by atoms with Gasteiger partial charge >= 0.3 is 0 Å². The van der Waals surface area contributed by atoms with Gasteiger partial charge in [-0.25, -0.2) is 0 Å². The first-order valence-corrected chi connectivity index (χ1v) is 8.25. The first-order valence-electron chi connectivity index (χ1n) is 8.25. The van der Waals surface area contributed by atoms with Crippen LogP contribution in [0.5, 0.6) is 0 Å². The van der Waals surface area contributed by atoms with Crippen molar-refractivity contribution >= 4 is 5.78 Å². The molecule has 0 aliphatic carbocycles. The Labute approximate surface area is 137 Å². The van der Waals surface area contributed by atoms with Crippen LogP contribution >= 0.6 is 0 Å². The smallest absolute Gasteiger partial charge is 0.176 e. The van der Waals surface area contributed by atoms with E-state index < -0.39 is 0 Å². The summed E-state index contributed by atoms with van der Waals surface area (Å²) in [6.07, 6.45) is 1.95. The lowest BCUT2D eigenvalue weighted by Crippen LogP contribution is -2.35. The van der Waals surface area contributed by atoms with E-state index in [1.165, 1.54) is 16.7 Å². The molecule has 0 amide bonds. The van der Waals surface area contributed by atoms with Crippen molar-refractivity contribution in [1.29, 1.82) is 0 Å². The molecule has 0 saturated heterocycles. The molecule has 0 spiro atoms. The number of ketones is 1. The third kappa shape index (κ3) is 3.69. The molecule has 3 nitrogen and oxygen atoms in total. The van der Waals surface area contributed by atoms with E-state index >= 15 is 0 Å². The van der Waals surface area contributed by atoms with Crippen molar-refractivity contribution in [3.05, 3.63) is 70.3 Å². The summed E-state index contributed by atoms with van der Waals surface area (Å²) in [6.45, 7) is 4.32. The van der Waals surface area contributed by atoms with Crippen LogP contribution in [0, 0.1) is 0 Å². The molecule has 1 heterocycles. The molecule has 23 heavy (non-hydrogen) atoms. The summed E-state index contributed by atoms with van der Waals surface area (Å²) in [5, 5.41) is 9.27. The fourth-order valence-electron chi connectivity index (χ4n) is 3.12. The van der Waals surface area contributed by atoms with E-state index in [0.29, 0.717) is 6.54 Å². The Bertz CT molecular complexity index is 691. The van der Waals surface area contributed by atoms with Crippen molar-refractivity contribution in [1.82, 2.24) is 4.90 Å². The monoisotopic (exact) mass is 309 g/mol. The third-order valence-corrected chi connectivity index (χ3v) is 4.60. The van der Waals surface area contributed by atoms with E-state index in [1.54, 1.807) is 0 Å². The van der Waals surface area contributed by atoms with Crippen LogP contribution in [0.4, 0.5) is 0 Å². The van der Waals surface area contributed by atoms with Crippen LogP contribution in [-0.4, -0.2) is 28.9 Å². The molecule has 120 valence electrons. The molecule has 0 bridgehead atoms. The summed E-state index contributed by atoms with van der Waals surface area (Å²) < 4.78 is 0. The molecule has 0 saturated carbocycles. The number of rotatable bonds is 5. The van der Waals surface area contributed by atoms with Gasteiger partial charge in [-0.2, -0.15) is 0 Å². The third-order valence-electron chi connectivity index (χ3n) is 4.60. The molecule has 3 rings (SSSR count). The normalized spacial score (nSPS) is 14.5. The van der Waals surface area contributed by atoms with Gasteiger partial charge in [-0.05, 0) is 35.1 Å². The summed E-state index contributed by atoms with van der Waals surface area (Å²) >= 11 is 0. The molecule has 0 atom stereocenters. The molecule has 0 unspecified atom stereocenters. The average Bonchev–Trinajstić information content (AvgIpc) is 2.61. The lowest BCUT2D eigenvalue weighted by molar-refractivity contribution is 0.0921. The van der Waals surface area contributed by atoms with Crippen molar-refractivity contribution in [3.63, 3.8) is 0 Å². The molecule has 0 aromatic heterocycles. The minimum atomic E-state index is 0.0655. The fourth-order valence-corrected chi connectivity index (χ4v) is 3.12. The van der Waals surface area contributed by atoms with Crippen molar-refractivity contribution in [3.8, 4) is 0 Å². The number of aryl methyl sites for hydroxylation is 1. The van der Waals surface area contributed by atoms with E-state index in [1.807, 2.05) is 30.3 Å². The van der Waals surface area contributed by atoms with Gasteiger partial charge in [-0.3, -0.25) is 9.69 Å².